The lowest BCUT2D eigenvalue weighted by Crippen LogP contribution is -2.43. The van der Waals surface area contributed by atoms with E-state index in [0.29, 0.717) is 19.2 Å². The minimum atomic E-state index is -0.0855. The highest BCUT2D eigenvalue weighted by Gasteiger charge is 2.14. The standard InChI is InChI=1S/C16H23BrN2O2/c17-14-9-5-6-10-15(14)21-12-11-18-16(20)19-13-7-3-1-2-4-8-13/h5-6,9-10,13H,1-4,7-8,11-12H2,(H2,18,19,20). The molecule has 0 atom stereocenters. The van der Waals surface area contributed by atoms with Gasteiger partial charge in [-0.25, -0.2) is 4.79 Å². The Morgan fingerprint density at radius 1 is 1.19 bits per heavy atom. The number of benzene rings is 1. The molecule has 0 unspecified atom stereocenters. The van der Waals surface area contributed by atoms with E-state index in [1.165, 1.54) is 25.7 Å². The predicted molar refractivity (Wildman–Crippen MR) is 87.7 cm³/mol. The van der Waals surface area contributed by atoms with Gasteiger partial charge < -0.3 is 15.4 Å². The molecule has 1 saturated carbocycles. The molecule has 2 amide bonds. The average Bonchev–Trinajstić information content (AvgIpc) is 2.74. The van der Waals surface area contributed by atoms with Gasteiger partial charge in [-0.05, 0) is 40.9 Å². The fraction of sp³-hybridized carbons (Fsp3) is 0.562. The molecule has 0 heterocycles. The molecule has 4 nitrogen and oxygen atoms in total. The Labute approximate surface area is 134 Å². The third kappa shape index (κ3) is 5.96. The third-order valence-corrected chi connectivity index (χ3v) is 4.33. The molecule has 0 bridgehead atoms. The molecule has 116 valence electrons. The van der Waals surface area contributed by atoms with Gasteiger partial charge in [0.1, 0.15) is 12.4 Å². The number of carbonyl (C=O) groups is 1. The summed E-state index contributed by atoms with van der Waals surface area (Å²) in [6.07, 6.45) is 7.22. The first-order valence-electron chi connectivity index (χ1n) is 7.67. The second-order valence-corrected chi connectivity index (χ2v) is 6.22. The number of ether oxygens (including phenoxy) is 1. The highest BCUT2D eigenvalue weighted by Crippen LogP contribution is 2.23. The van der Waals surface area contributed by atoms with Crippen molar-refractivity contribution in [3.63, 3.8) is 0 Å². The van der Waals surface area contributed by atoms with E-state index in [1.54, 1.807) is 0 Å². The fourth-order valence-corrected chi connectivity index (χ4v) is 2.95. The van der Waals surface area contributed by atoms with Crippen LogP contribution in [0.25, 0.3) is 0 Å². The van der Waals surface area contributed by atoms with E-state index in [2.05, 4.69) is 26.6 Å². The molecule has 0 aromatic heterocycles. The Morgan fingerprint density at radius 2 is 1.90 bits per heavy atom. The molecular formula is C16H23BrN2O2. The number of nitrogens with one attached hydrogen (secondary N) is 2. The van der Waals surface area contributed by atoms with Crippen molar-refractivity contribution in [3.05, 3.63) is 28.7 Å². The van der Waals surface area contributed by atoms with Crippen molar-refractivity contribution in [1.82, 2.24) is 10.6 Å². The second kappa shape index (κ2) is 8.93. The average molecular weight is 355 g/mol. The zero-order valence-electron chi connectivity index (χ0n) is 12.2. The highest BCUT2D eigenvalue weighted by molar-refractivity contribution is 9.10. The molecule has 1 aliphatic carbocycles. The van der Waals surface area contributed by atoms with Gasteiger partial charge in [0.25, 0.3) is 0 Å². The van der Waals surface area contributed by atoms with Crippen molar-refractivity contribution in [2.75, 3.05) is 13.2 Å². The van der Waals surface area contributed by atoms with Crippen LogP contribution in [0.1, 0.15) is 38.5 Å². The molecule has 0 spiro atoms. The molecule has 5 heteroatoms. The first-order chi connectivity index (χ1) is 10.3. The molecule has 2 rings (SSSR count). The maximum Gasteiger partial charge on any atom is 0.315 e. The van der Waals surface area contributed by atoms with Gasteiger partial charge in [-0.15, -0.1) is 0 Å². The molecule has 21 heavy (non-hydrogen) atoms. The Balaban J connectivity index is 1.62. The number of rotatable bonds is 5. The number of para-hydroxylation sites is 1. The van der Waals surface area contributed by atoms with Crippen LogP contribution in [0.2, 0.25) is 0 Å². The Hall–Kier alpha value is -1.23. The third-order valence-electron chi connectivity index (χ3n) is 3.67. The van der Waals surface area contributed by atoms with Crippen LogP contribution in [0.3, 0.4) is 0 Å². The molecule has 2 N–H and O–H groups in total. The molecule has 0 aliphatic heterocycles. The van der Waals surface area contributed by atoms with Crippen molar-refractivity contribution >= 4 is 22.0 Å². The molecule has 1 aromatic rings. The van der Waals surface area contributed by atoms with Crippen LogP contribution >= 0.6 is 15.9 Å². The van der Waals surface area contributed by atoms with Crippen molar-refractivity contribution in [3.8, 4) is 5.75 Å². The van der Waals surface area contributed by atoms with Crippen LogP contribution in [0.15, 0.2) is 28.7 Å². The molecule has 1 aliphatic rings. The smallest absolute Gasteiger partial charge is 0.315 e. The molecule has 0 radical (unpaired) electrons. The van der Waals surface area contributed by atoms with Crippen LogP contribution in [0.5, 0.6) is 5.75 Å². The quantitative estimate of drug-likeness (QED) is 0.623. The summed E-state index contributed by atoms with van der Waals surface area (Å²) >= 11 is 3.43. The largest absolute Gasteiger partial charge is 0.491 e. The summed E-state index contributed by atoms with van der Waals surface area (Å²) in [6.45, 7) is 0.959. The van der Waals surface area contributed by atoms with E-state index in [0.717, 1.165) is 23.1 Å². The Kier molecular flexibility index (Phi) is 6.86. The van der Waals surface area contributed by atoms with Crippen LogP contribution in [-0.4, -0.2) is 25.2 Å². The maximum atomic E-state index is 11.8. The first-order valence-corrected chi connectivity index (χ1v) is 8.46. The Morgan fingerprint density at radius 3 is 2.62 bits per heavy atom. The zero-order chi connectivity index (χ0) is 14.9. The normalized spacial score (nSPS) is 16.0. The number of hydrogen-bond donors (Lipinski definition) is 2. The van der Waals surface area contributed by atoms with Gasteiger partial charge in [-0.1, -0.05) is 37.8 Å². The zero-order valence-corrected chi connectivity index (χ0v) is 13.8. The first kappa shape index (κ1) is 16.1. The fourth-order valence-electron chi connectivity index (χ4n) is 2.55. The van der Waals surface area contributed by atoms with E-state index in [9.17, 15) is 4.79 Å². The minimum absolute atomic E-state index is 0.0855. The second-order valence-electron chi connectivity index (χ2n) is 5.37. The summed E-state index contributed by atoms with van der Waals surface area (Å²) < 4.78 is 6.53. The predicted octanol–water partition coefficient (Wildman–Crippen LogP) is 3.85. The molecular weight excluding hydrogens is 332 g/mol. The van der Waals surface area contributed by atoms with Gasteiger partial charge in [0.05, 0.1) is 11.0 Å². The Bertz CT molecular complexity index is 446. The number of hydrogen-bond acceptors (Lipinski definition) is 2. The van der Waals surface area contributed by atoms with Gasteiger partial charge in [-0.2, -0.15) is 0 Å². The summed E-state index contributed by atoms with van der Waals surface area (Å²) in [6, 6.07) is 7.94. The van der Waals surface area contributed by atoms with Crippen LogP contribution in [-0.2, 0) is 0 Å². The number of carbonyl (C=O) groups excluding carboxylic acids is 1. The van der Waals surface area contributed by atoms with Gasteiger partial charge in [0, 0.05) is 6.04 Å². The van der Waals surface area contributed by atoms with E-state index < -0.39 is 0 Å². The van der Waals surface area contributed by atoms with E-state index >= 15 is 0 Å². The van der Waals surface area contributed by atoms with Crippen LogP contribution < -0.4 is 15.4 Å². The van der Waals surface area contributed by atoms with Crippen LogP contribution in [0.4, 0.5) is 4.79 Å². The summed E-state index contributed by atoms with van der Waals surface area (Å²) in [5, 5.41) is 5.90. The van der Waals surface area contributed by atoms with Gasteiger partial charge >= 0.3 is 6.03 Å². The molecule has 1 aromatic carbocycles. The summed E-state index contributed by atoms with van der Waals surface area (Å²) in [7, 11) is 0. The number of urea groups is 1. The lowest BCUT2D eigenvalue weighted by molar-refractivity contribution is 0.231. The monoisotopic (exact) mass is 354 g/mol. The van der Waals surface area contributed by atoms with E-state index in [-0.39, 0.29) is 6.03 Å². The maximum absolute atomic E-state index is 11.8. The lowest BCUT2D eigenvalue weighted by Gasteiger charge is -2.17. The van der Waals surface area contributed by atoms with Gasteiger partial charge in [0.15, 0.2) is 0 Å². The van der Waals surface area contributed by atoms with Crippen molar-refractivity contribution in [2.24, 2.45) is 0 Å². The molecule has 0 saturated heterocycles. The minimum Gasteiger partial charge on any atom is -0.491 e. The summed E-state index contributed by atoms with van der Waals surface area (Å²) in [4.78, 5) is 11.8. The summed E-state index contributed by atoms with van der Waals surface area (Å²) in [5.41, 5.74) is 0. The van der Waals surface area contributed by atoms with Crippen LogP contribution in [0, 0.1) is 0 Å². The number of halogens is 1. The SMILES string of the molecule is O=C(NCCOc1ccccc1Br)NC1CCCCCC1. The van der Waals surface area contributed by atoms with Crippen molar-refractivity contribution < 1.29 is 9.53 Å². The summed E-state index contributed by atoms with van der Waals surface area (Å²) in [5.74, 6) is 0.795. The molecule has 1 fully saturated rings. The van der Waals surface area contributed by atoms with E-state index in [4.69, 9.17) is 4.74 Å². The van der Waals surface area contributed by atoms with E-state index in [1.807, 2.05) is 24.3 Å². The van der Waals surface area contributed by atoms with Crippen molar-refractivity contribution in [1.29, 1.82) is 0 Å². The number of amides is 2. The van der Waals surface area contributed by atoms with Gasteiger partial charge in [-0.3, -0.25) is 0 Å². The van der Waals surface area contributed by atoms with Crippen molar-refractivity contribution in [2.45, 2.75) is 44.6 Å². The topological polar surface area (TPSA) is 50.4 Å². The highest BCUT2D eigenvalue weighted by atomic mass is 79.9. The lowest BCUT2D eigenvalue weighted by atomic mass is 10.1. The van der Waals surface area contributed by atoms with Gasteiger partial charge in [0.2, 0.25) is 0 Å².